The highest BCUT2D eigenvalue weighted by molar-refractivity contribution is 6.36. The summed E-state index contributed by atoms with van der Waals surface area (Å²) in [6.07, 6.45) is 5.91. The summed E-state index contributed by atoms with van der Waals surface area (Å²) in [6, 6.07) is 4.67. The number of unbranched alkanes of at least 4 members (excludes halogenated alkanes) is 3. The van der Waals surface area contributed by atoms with Crippen molar-refractivity contribution in [3.63, 3.8) is 0 Å². The number of aromatic hydroxyl groups is 1. The van der Waals surface area contributed by atoms with E-state index < -0.39 is 0 Å². The highest BCUT2D eigenvalue weighted by Gasteiger charge is 2.13. The molecule has 2 aromatic rings. The number of anilines is 1. The molecule has 0 fully saturated rings. The normalized spacial score (nSPS) is 10.6. The van der Waals surface area contributed by atoms with Gasteiger partial charge in [-0.25, -0.2) is 4.79 Å². The number of nitrogens with zero attached hydrogens (tertiary/aromatic N) is 1. The largest absolute Gasteiger partial charge is 0.504 e. The third kappa shape index (κ3) is 4.01. The molecule has 3 N–H and O–H groups in total. The zero-order valence-electron chi connectivity index (χ0n) is 12.5. The van der Waals surface area contributed by atoms with E-state index in [4.69, 9.17) is 11.6 Å². The Morgan fingerprint density at radius 3 is 2.95 bits per heavy atom. The number of hydrogen-bond donors (Lipinski definition) is 3. The van der Waals surface area contributed by atoms with Gasteiger partial charge in [0.25, 0.3) is 0 Å². The molecule has 0 spiro atoms. The quantitative estimate of drug-likeness (QED) is 0.548. The lowest BCUT2D eigenvalue weighted by atomic mass is 10.2. The van der Waals surface area contributed by atoms with Crippen LogP contribution < -0.4 is 10.6 Å². The predicted octanol–water partition coefficient (Wildman–Crippen LogP) is 4.30. The number of amides is 2. The zero-order chi connectivity index (χ0) is 15.9. The van der Waals surface area contributed by atoms with Crippen LogP contribution in [0.3, 0.4) is 0 Å². The Morgan fingerprint density at radius 1 is 1.36 bits per heavy atom. The summed E-state index contributed by atoms with van der Waals surface area (Å²) in [6.45, 7) is 2.74. The summed E-state index contributed by atoms with van der Waals surface area (Å²) >= 11 is 6.16. The maximum absolute atomic E-state index is 11.8. The second-order valence-electron chi connectivity index (χ2n) is 5.10. The Kier molecular flexibility index (Phi) is 5.83. The van der Waals surface area contributed by atoms with E-state index in [0.29, 0.717) is 22.5 Å². The van der Waals surface area contributed by atoms with Gasteiger partial charge in [0.05, 0.1) is 10.7 Å². The number of carbonyl (C=O) groups excluding carboxylic acids is 1. The number of urea groups is 1. The van der Waals surface area contributed by atoms with Crippen LogP contribution in [0.1, 0.15) is 32.6 Å². The van der Waals surface area contributed by atoms with Gasteiger partial charge in [-0.3, -0.25) is 4.98 Å². The summed E-state index contributed by atoms with van der Waals surface area (Å²) in [5, 5.41) is 16.6. The van der Waals surface area contributed by atoms with Crippen LogP contribution in [0.5, 0.6) is 5.75 Å². The number of hydrogen-bond acceptors (Lipinski definition) is 3. The zero-order valence-corrected chi connectivity index (χ0v) is 13.3. The molecule has 118 valence electrons. The molecule has 0 saturated heterocycles. The second-order valence-corrected chi connectivity index (χ2v) is 5.50. The fourth-order valence-corrected chi connectivity index (χ4v) is 2.46. The van der Waals surface area contributed by atoms with E-state index in [1.54, 1.807) is 18.3 Å². The van der Waals surface area contributed by atoms with Crippen LogP contribution >= 0.6 is 11.6 Å². The number of phenolic OH excluding ortho intramolecular Hbond substituents is 1. The molecular weight excluding hydrogens is 302 g/mol. The van der Waals surface area contributed by atoms with Gasteiger partial charge >= 0.3 is 6.03 Å². The molecule has 22 heavy (non-hydrogen) atoms. The van der Waals surface area contributed by atoms with Crippen molar-refractivity contribution in [1.82, 2.24) is 10.3 Å². The van der Waals surface area contributed by atoms with E-state index in [-0.39, 0.29) is 17.5 Å². The molecule has 0 aliphatic rings. The molecule has 0 atom stereocenters. The lowest BCUT2D eigenvalue weighted by Crippen LogP contribution is -2.29. The van der Waals surface area contributed by atoms with Crippen molar-refractivity contribution in [2.45, 2.75) is 32.6 Å². The first-order valence-corrected chi connectivity index (χ1v) is 7.82. The van der Waals surface area contributed by atoms with Crippen LogP contribution in [0, 0.1) is 0 Å². The second kappa shape index (κ2) is 7.84. The maximum Gasteiger partial charge on any atom is 0.319 e. The topological polar surface area (TPSA) is 74.2 Å². The van der Waals surface area contributed by atoms with E-state index in [1.807, 2.05) is 0 Å². The van der Waals surface area contributed by atoms with Gasteiger partial charge in [0.2, 0.25) is 0 Å². The summed E-state index contributed by atoms with van der Waals surface area (Å²) in [5.74, 6) is -0.0823. The van der Waals surface area contributed by atoms with Gasteiger partial charge in [-0.2, -0.15) is 0 Å². The van der Waals surface area contributed by atoms with Crippen LogP contribution in [0.2, 0.25) is 5.02 Å². The molecule has 0 aliphatic heterocycles. The summed E-state index contributed by atoms with van der Waals surface area (Å²) < 4.78 is 0. The molecule has 0 bridgehead atoms. The molecular formula is C16H20ClN3O2. The molecule has 1 aromatic heterocycles. The molecule has 0 unspecified atom stereocenters. The Hall–Kier alpha value is -2.01. The molecule has 0 aliphatic carbocycles. The average Bonchev–Trinajstić information content (AvgIpc) is 2.52. The third-order valence-corrected chi connectivity index (χ3v) is 3.69. The van der Waals surface area contributed by atoms with Gasteiger partial charge in [-0.05, 0) is 24.6 Å². The van der Waals surface area contributed by atoms with Gasteiger partial charge in [0.15, 0.2) is 5.75 Å². The van der Waals surface area contributed by atoms with E-state index >= 15 is 0 Å². The highest BCUT2D eigenvalue weighted by atomic mass is 35.5. The summed E-state index contributed by atoms with van der Waals surface area (Å²) in [5.41, 5.74) is 0.621. The van der Waals surface area contributed by atoms with E-state index in [0.717, 1.165) is 25.7 Å². The number of pyridine rings is 1. The number of benzene rings is 1. The van der Waals surface area contributed by atoms with Crippen molar-refractivity contribution in [3.8, 4) is 5.75 Å². The van der Waals surface area contributed by atoms with E-state index in [1.165, 1.54) is 6.07 Å². The third-order valence-electron chi connectivity index (χ3n) is 3.38. The SMILES string of the molecule is CCCCCCNC(=O)Nc1cc(Cl)c2cccnc2c1O. The first-order chi connectivity index (χ1) is 10.6. The number of nitrogens with one attached hydrogen (secondary N) is 2. The predicted molar refractivity (Wildman–Crippen MR) is 89.6 cm³/mol. The number of phenols is 1. The number of rotatable bonds is 6. The summed E-state index contributed by atoms with van der Waals surface area (Å²) in [4.78, 5) is 15.9. The lowest BCUT2D eigenvalue weighted by molar-refractivity contribution is 0.251. The molecule has 6 heteroatoms. The van der Waals surface area contributed by atoms with Gasteiger partial charge in [0, 0.05) is 18.1 Å². The lowest BCUT2D eigenvalue weighted by Gasteiger charge is -2.11. The van der Waals surface area contributed by atoms with Crippen molar-refractivity contribution in [1.29, 1.82) is 0 Å². The number of carbonyl (C=O) groups is 1. The maximum atomic E-state index is 11.8. The molecule has 2 amide bonds. The van der Waals surface area contributed by atoms with Gasteiger partial charge in [0.1, 0.15) is 5.52 Å². The van der Waals surface area contributed by atoms with Crippen LogP contribution in [-0.2, 0) is 0 Å². The van der Waals surface area contributed by atoms with Gasteiger partial charge < -0.3 is 15.7 Å². The Morgan fingerprint density at radius 2 is 2.18 bits per heavy atom. The Bertz CT molecular complexity index is 661. The molecule has 0 saturated carbocycles. The standard InChI is InChI=1S/C16H20ClN3O2/c1-2-3-4-5-8-19-16(22)20-13-10-12(17)11-7-6-9-18-14(11)15(13)21/h6-7,9-10,21H,2-5,8H2,1H3,(H2,19,20,22). The minimum atomic E-state index is -0.363. The van der Waals surface area contributed by atoms with Crippen LogP contribution in [0.25, 0.3) is 10.9 Å². The minimum absolute atomic E-state index is 0.0823. The fourth-order valence-electron chi connectivity index (χ4n) is 2.20. The minimum Gasteiger partial charge on any atom is -0.504 e. The number of fused-ring (bicyclic) bond motifs is 1. The number of halogens is 1. The average molecular weight is 322 g/mol. The van der Waals surface area contributed by atoms with Gasteiger partial charge in [-0.15, -0.1) is 0 Å². The molecule has 1 aromatic carbocycles. The molecule has 0 radical (unpaired) electrons. The Balaban J connectivity index is 2.02. The molecule has 5 nitrogen and oxygen atoms in total. The number of aromatic nitrogens is 1. The first-order valence-electron chi connectivity index (χ1n) is 7.44. The first kappa shape index (κ1) is 16.4. The smallest absolute Gasteiger partial charge is 0.319 e. The van der Waals surface area contributed by atoms with Crippen molar-refractivity contribution in [2.24, 2.45) is 0 Å². The monoisotopic (exact) mass is 321 g/mol. The summed E-state index contributed by atoms with van der Waals surface area (Å²) in [7, 11) is 0. The van der Waals surface area contributed by atoms with Crippen LogP contribution in [-0.4, -0.2) is 22.7 Å². The molecule has 1 heterocycles. The van der Waals surface area contributed by atoms with Gasteiger partial charge in [-0.1, -0.05) is 37.8 Å². The van der Waals surface area contributed by atoms with E-state index in [9.17, 15) is 9.90 Å². The van der Waals surface area contributed by atoms with Crippen molar-refractivity contribution >= 4 is 34.2 Å². The Labute approximate surface area is 134 Å². The van der Waals surface area contributed by atoms with Crippen LogP contribution in [0.15, 0.2) is 24.4 Å². The van der Waals surface area contributed by atoms with E-state index in [2.05, 4.69) is 22.5 Å². The van der Waals surface area contributed by atoms with Crippen molar-refractivity contribution < 1.29 is 9.90 Å². The molecule has 2 rings (SSSR count). The van der Waals surface area contributed by atoms with Crippen molar-refractivity contribution in [3.05, 3.63) is 29.4 Å². The highest BCUT2D eigenvalue weighted by Crippen LogP contribution is 2.36. The van der Waals surface area contributed by atoms with Crippen molar-refractivity contribution in [2.75, 3.05) is 11.9 Å². The van der Waals surface area contributed by atoms with Crippen LogP contribution in [0.4, 0.5) is 10.5 Å². The fraction of sp³-hybridized carbons (Fsp3) is 0.375.